The molecular weight excluding hydrogens is 280 g/mol. The zero-order chi connectivity index (χ0) is 17.6. The number of carboxylic acids is 2. The fraction of sp³-hybridized carbons (Fsp3) is 0.889. The molecule has 0 aliphatic carbocycles. The van der Waals surface area contributed by atoms with Crippen molar-refractivity contribution in [3.8, 4) is 0 Å². The van der Waals surface area contributed by atoms with E-state index in [1.165, 1.54) is 25.7 Å². The van der Waals surface area contributed by atoms with Crippen LogP contribution in [0.4, 0.5) is 0 Å². The van der Waals surface area contributed by atoms with Gasteiger partial charge in [-0.25, -0.2) is 0 Å². The summed E-state index contributed by atoms with van der Waals surface area (Å²) in [7, 11) is 0. The average Bonchev–Trinajstić information content (AvgIpc) is 2.30. The van der Waals surface area contributed by atoms with Crippen LogP contribution in [-0.4, -0.2) is 22.2 Å². The van der Waals surface area contributed by atoms with Gasteiger partial charge in [-0.1, -0.05) is 66.7 Å². The van der Waals surface area contributed by atoms with Gasteiger partial charge in [0.05, 0.1) is 0 Å². The van der Waals surface area contributed by atoms with Crippen LogP contribution in [0, 0.1) is 11.3 Å². The second kappa shape index (κ2) is 13.6. The van der Waals surface area contributed by atoms with E-state index in [1.54, 1.807) is 0 Å². The largest absolute Gasteiger partial charge is 0.481 e. The number of aliphatic carboxylic acids is 2. The van der Waals surface area contributed by atoms with Crippen LogP contribution in [0.15, 0.2) is 0 Å². The van der Waals surface area contributed by atoms with E-state index in [-0.39, 0.29) is 17.8 Å². The Morgan fingerprint density at radius 3 is 1.82 bits per heavy atom. The fourth-order valence-corrected chi connectivity index (χ4v) is 2.47. The van der Waals surface area contributed by atoms with E-state index < -0.39 is 11.9 Å². The van der Waals surface area contributed by atoms with Gasteiger partial charge in [-0.15, -0.1) is 0 Å². The van der Waals surface area contributed by atoms with Gasteiger partial charge in [0.25, 0.3) is 0 Å². The first-order valence-corrected chi connectivity index (χ1v) is 8.52. The highest BCUT2D eigenvalue weighted by molar-refractivity contribution is 5.67. The van der Waals surface area contributed by atoms with Gasteiger partial charge in [-0.3, -0.25) is 9.59 Å². The number of unbranched alkanes of at least 4 members (excludes halogenated alkanes) is 5. The van der Waals surface area contributed by atoms with E-state index in [2.05, 4.69) is 27.7 Å². The molecule has 0 aromatic rings. The summed E-state index contributed by atoms with van der Waals surface area (Å²) < 4.78 is 0. The molecule has 0 saturated heterocycles. The number of hydrogen-bond donors (Lipinski definition) is 2. The van der Waals surface area contributed by atoms with Gasteiger partial charge >= 0.3 is 11.9 Å². The van der Waals surface area contributed by atoms with Gasteiger partial charge in [-0.2, -0.15) is 0 Å². The first-order chi connectivity index (χ1) is 10.1. The van der Waals surface area contributed by atoms with Crippen LogP contribution in [0.25, 0.3) is 0 Å². The van der Waals surface area contributed by atoms with Crippen LogP contribution in [0.2, 0.25) is 0 Å². The van der Waals surface area contributed by atoms with Crippen molar-refractivity contribution >= 4 is 11.9 Å². The molecule has 0 heterocycles. The number of rotatable bonds is 10. The lowest BCUT2D eigenvalue weighted by atomic mass is 9.84. The topological polar surface area (TPSA) is 74.6 Å². The quantitative estimate of drug-likeness (QED) is 0.532. The van der Waals surface area contributed by atoms with Crippen molar-refractivity contribution in [2.24, 2.45) is 11.3 Å². The van der Waals surface area contributed by atoms with Crippen molar-refractivity contribution in [2.75, 3.05) is 0 Å². The first kappa shape index (κ1) is 23.2. The van der Waals surface area contributed by atoms with E-state index in [0.717, 1.165) is 19.3 Å². The van der Waals surface area contributed by atoms with Crippen LogP contribution >= 0.6 is 0 Å². The van der Waals surface area contributed by atoms with Crippen LogP contribution in [0.1, 0.15) is 92.4 Å². The van der Waals surface area contributed by atoms with E-state index >= 15 is 0 Å². The summed E-state index contributed by atoms with van der Waals surface area (Å²) in [6.07, 6.45) is 8.51. The molecule has 0 bridgehead atoms. The molecule has 0 radical (unpaired) electrons. The van der Waals surface area contributed by atoms with Crippen LogP contribution in [-0.2, 0) is 9.59 Å². The van der Waals surface area contributed by atoms with Crippen molar-refractivity contribution in [2.45, 2.75) is 92.4 Å². The maximum atomic E-state index is 10.3. The molecule has 1 atom stereocenters. The minimum absolute atomic E-state index is 0.245. The lowest BCUT2D eigenvalue weighted by Gasteiger charge is -2.21. The van der Waals surface area contributed by atoms with Crippen molar-refractivity contribution in [1.82, 2.24) is 0 Å². The lowest BCUT2D eigenvalue weighted by Crippen LogP contribution is -2.13. The molecule has 0 aromatic heterocycles. The summed E-state index contributed by atoms with van der Waals surface area (Å²) in [5.41, 5.74) is 0.245. The SMILES string of the molecule is CC(CC(=O)O)CC(C)(C)C.CCCCCCCCC(=O)O. The Kier molecular flexibility index (Phi) is 14.3. The Hall–Kier alpha value is -1.06. The predicted molar refractivity (Wildman–Crippen MR) is 91.1 cm³/mol. The summed E-state index contributed by atoms with van der Waals surface area (Å²) in [6, 6.07) is 0. The Morgan fingerprint density at radius 1 is 0.909 bits per heavy atom. The number of carbonyl (C=O) groups is 2. The van der Waals surface area contributed by atoms with Gasteiger partial charge in [0.2, 0.25) is 0 Å². The molecule has 2 N–H and O–H groups in total. The van der Waals surface area contributed by atoms with Crippen molar-refractivity contribution < 1.29 is 19.8 Å². The maximum Gasteiger partial charge on any atom is 0.303 e. The minimum atomic E-state index is -0.693. The molecular formula is C18H36O4. The Labute approximate surface area is 136 Å². The molecule has 132 valence electrons. The van der Waals surface area contributed by atoms with Gasteiger partial charge in [0.15, 0.2) is 0 Å². The number of carboxylic acid groups (broad SMARTS) is 2. The molecule has 0 amide bonds. The van der Waals surface area contributed by atoms with Crippen molar-refractivity contribution in [3.63, 3.8) is 0 Å². The molecule has 0 aliphatic rings. The van der Waals surface area contributed by atoms with Crippen LogP contribution in [0.3, 0.4) is 0 Å². The summed E-state index contributed by atoms with van der Waals surface area (Å²) in [5, 5.41) is 16.8. The van der Waals surface area contributed by atoms with Crippen LogP contribution in [0.5, 0.6) is 0 Å². The van der Waals surface area contributed by atoms with Gasteiger partial charge in [-0.05, 0) is 24.2 Å². The monoisotopic (exact) mass is 316 g/mol. The lowest BCUT2D eigenvalue weighted by molar-refractivity contribution is -0.138. The fourth-order valence-electron chi connectivity index (χ4n) is 2.47. The highest BCUT2D eigenvalue weighted by atomic mass is 16.4. The number of hydrogen-bond acceptors (Lipinski definition) is 2. The van der Waals surface area contributed by atoms with E-state index in [9.17, 15) is 9.59 Å². The smallest absolute Gasteiger partial charge is 0.303 e. The van der Waals surface area contributed by atoms with Gasteiger partial charge in [0.1, 0.15) is 0 Å². The molecule has 0 saturated carbocycles. The normalized spacial score (nSPS) is 12.2. The molecule has 0 aromatic carbocycles. The standard InChI is InChI=1S/2C9H18O2/c1-7(5-8(10)11)6-9(2,3)4;1-2-3-4-5-6-7-8-9(10)11/h7H,5-6H2,1-4H3,(H,10,11);2-8H2,1H3,(H,10,11). The molecule has 4 nitrogen and oxygen atoms in total. The summed E-state index contributed by atoms with van der Waals surface area (Å²) in [6.45, 7) is 10.6. The predicted octanol–water partition coefficient (Wildman–Crippen LogP) is 5.36. The summed E-state index contributed by atoms with van der Waals surface area (Å²) >= 11 is 0. The minimum Gasteiger partial charge on any atom is -0.481 e. The van der Waals surface area contributed by atoms with Crippen molar-refractivity contribution in [1.29, 1.82) is 0 Å². The second-order valence-electron chi connectivity index (χ2n) is 7.38. The highest BCUT2D eigenvalue weighted by Crippen LogP contribution is 2.25. The van der Waals surface area contributed by atoms with Crippen molar-refractivity contribution in [3.05, 3.63) is 0 Å². The molecule has 22 heavy (non-hydrogen) atoms. The van der Waals surface area contributed by atoms with Gasteiger partial charge < -0.3 is 10.2 Å². The maximum absolute atomic E-state index is 10.3. The third-order valence-electron chi connectivity index (χ3n) is 3.23. The third kappa shape index (κ3) is 24.0. The Morgan fingerprint density at radius 2 is 1.41 bits per heavy atom. The third-order valence-corrected chi connectivity index (χ3v) is 3.23. The summed E-state index contributed by atoms with van der Waals surface area (Å²) in [5.74, 6) is -1.07. The molecule has 0 spiro atoms. The second-order valence-corrected chi connectivity index (χ2v) is 7.38. The van der Waals surface area contributed by atoms with E-state index in [1.807, 2.05) is 6.92 Å². The molecule has 0 aliphatic heterocycles. The zero-order valence-corrected chi connectivity index (χ0v) is 15.2. The molecule has 1 unspecified atom stereocenters. The first-order valence-electron chi connectivity index (χ1n) is 8.52. The highest BCUT2D eigenvalue weighted by Gasteiger charge is 2.16. The zero-order valence-electron chi connectivity index (χ0n) is 15.2. The molecule has 0 fully saturated rings. The average molecular weight is 316 g/mol. The van der Waals surface area contributed by atoms with Gasteiger partial charge in [0, 0.05) is 12.8 Å². The van der Waals surface area contributed by atoms with E-state index in [4.69, 9.17) is 10.2 Å². The molecule has 4 heteroatoms. The molecule has 0 rings (SSSR count). The van der Waals surface area contributed by atoms with E-state index in [0.29, 0.717) is 6.42 Å². The Balaban J connectivity index is 0. The van der Waals surface area contributed by atoms with Crippen LogP contribution < -0.4 is 0 Å². The summed E-state index contributed by atoms with van der Waals surface area (Å²) in [4.78, 5) is 20.4. The Bertz CT molecular complexity index is 292.